The van der Waals surface area contributed by atoms with E-state index in [-0.39, 0.29) is 17.5 Å². The third-order valence-electron chi connectivity index (χ3n) is 4.43. The van der Waals surface area contributed by atoms with Gasteiger partial charge in [0, 0.05) is 12.2 Å². The van der Waals surface area contributed by atoms with Crippen LogP contribution in [-0.4, -0.2) is 34.5 Å². The van der Waals surface area contributed by atoms with E-state index in [4.69, 9.17) is 0 Å². The molecule has 0 saturated heterocycles. The Morgan fingerprint density at radius 1 is 1.14 bits per heavy atom. The number of hydrogen-bond donors (Lipinski definition) is 0. The Morgan fingerprint density at radius 3 is 2.50 bits per heavy atom. The van der Waals surface area contributed by atoms with Crippen molar-refractivity contribution in [3.05, 3.63) is 60.6 Å². The van der Waals surface area contributed by atoms with Gasteiger partial charge in [-0.25, -0.2) is 13.4 Å². The molecule has 0 aliphatic heterocycles. The molecule has 4 rings (SSSR count). The molecule has 1 saturated carbocycles. The molecule has 0 spiro atoms. The molecule has 0 N–H and O–H groups in total. The van der Waals surface area contributed by atoms with Crippen LogP contribution in [0.25, 0.3) is 5.65 Å². The van der Waals surface area contributed by atoms with E-state index in [1.54, 1.807) is 12.4 Å². The molecule has 0 atom stereocenters. The zero-order valence-electron chi connectivity index (χ0n) is 14.5. The maximum absolute atomic E-state index is 13.1. The molecule has 0 unspecified atom stereocenters. The van der Waals surface area contributed by atoms with Crippen molar-refractivity contribution in [3.63, 3.8) is 0 Å². The summed E-state index contributed by atoms with van der Waals surface area (Å²) < 4.78 is 70.1. The number of sulfonamides is 1. The topological polar surface area (TPSA) is 63.9 Å². The zero-order valence-corrected chi connectivity index (χ0v) is 15.3. The minimum atomic E-state index is -4.83. The molecule has 1 aliphatic rings. The minimum absolute atomic E-state index is 0.0808. The second-order valence-corrected chi connectivity index (χ2v) is 8.37. The lowest BCUT2D eigenvalue weighted by atomic mass is 10.3. The third kappa shape index (κ3) is 3.83. The molecule has 0 radical (unpaired) electrons. The standard InChI is InChI=1S/C18H16F3N3O3S/c19-18(20,21)27-15-6-8-16(9-7-15)28(25,26)24(13-4-5-13)12-14-11-22-17-3-1-2-10-23(14)17/h1-3,6-11,13H,4-5,12H2. The summed E-state index contributed by atoms with van der Waals surface area (Å²) in [4.78, 5) is 4.19. The van der Waals surface area contributed by atoms with Crippen molar-refractivity contribution in [2.75, 3.05) is 0 Å². The highest BCUT2D eigenvalue weighted by molar-refractivity contribution is 7.89. The predicted octanol–water partition coefficient (Wildman–Crippen LogP) is 3.59. The van der Waals surface area contributed by atoms with E-state index >= 15 is 0 Å². The van der Waals surface area contributed by atoms with Crippen molar-refractivity contribution >= 4 is 15.7 Å². The van der Waals surface area contributed by atoms with Crippen molar-refractivity contribution in [1.82, 2.24) is 13.7 Å². The third-order valence-corrected chi connectivity index (χ3v) is 6.34. The van der Waals surface area contributed by atoms with Gasteiger partial charge in [-0.2, -0.15) is 4.31 Å². The first-order valence-electron chi connectivity index (χ1n) is 8.53. The summed E-state index contributed by atoms with van der Waals surface area (Å²) in [5.41, 5.74) is 1.42. The molecule has 2 aromatic heterocycles. The van der Waals surface area contributed by atoms with Crippen LogP contribution in [0.4, 0.5) is 13.2 Å². The first kappa shape index (κ1) is 18.8. The average Bonchev–Trinajstić information content (AvgIpc) is 3.39. The van der Waals surface area contributed by atoms with Gasteiger partial charge in [-0.1, -0.05) is 6.07 Å². The highest BCUT2D eigenvalue weighted by Crippen LogP contribution is 2.34. The molecular formula is C18H16F3N3O3S. The number of halogens is 3. The number of nitrogens with zero attached hydrogens (tertiary/aromatic N) is 3. The average molecular weight is 411 g/mol. The van der Waals surface area contributed by atoms with Crippen molar-refractivity contribution in [2.24, 2.45) is 0 Å². The van der Waals surface area contributed by atoms with E-state index in [2.05, 4.69) is 9.72 Å². The first-order valence-corrected chi connectivity index (χ1v) is 9.97. The van der Waals surface area contributed by atoms with Gasteiger partial charge in [0.1, 0.15) is 11.4 Å². The van der Waals surface area contributed by atoms with E-state index < -0.39 is 22.1 Å². The first-order chi connectivity index (χ1) is 13.2. The van der Waals surface area contributed by atoms with E-state index in [9.17, 15) is 21.6 Å². The number of fused-ring (bicyclic) bond motifs is 1. The van der Waals surface area contributed by atoms with E-state index in [1.165, 1.54) is 4.31 Å². The molecule has 0 bridgehead atoms. The molecule has 2 heterocycles. The summed E-state index contributed by atoms with van der Waals surface area (Å²) in [6.07, 6.45) is 0.0824. The fraction of sp³-hybridized carbons (Fsp3) is 0.278. The van der Waals surface area contributed by atoms with Crippen LogP contribution in [0.3, 0.4) is 0 Å². The molecule has 1 aliphatic carbocycles. The van der Waals surface area contributed by atoms with Crippen LogP contribution in [0.2, 0.25) is 0 Å². The predicted molar refractivity (Wildman–Crippen MR) is 94.1 cm³/mol. The van der Waals surface area contributed by atoms with Gasteiger partial charge < -0.3 is 9.14 Å². The van der Waals surface area contributed by atoms with Crippen LogP contribution >= 0.6 is 0 Å². The fourth-order valence-corrected chi connectivity index (χ4v) is 4.64. The maximum atomic E-state index is 13.1. The zero-order chi connectivity index (χ0) is 19.9. The van der Waals surface area contributed by atoms with Gasteiger partial charge in [-0.15, -0.1) is 13.2 Å². The van der Waals surface area contributed by atoms with Gasteiger partial charge >= 0.3 is 6.36 Å². The quantitative estimate of drug-likeness (QED) is 0.622. The van der Waals surface area contributed by atoms with Crippen LogP contribution in [0.15, 0.2) is 59.8 Å². The van der Waals surface area contributed by atoms with Crippen molar-refractivity contribution < 1.29 is 26.3 Å². The number of ether oxygens (including phenoxy) is 1. The summed E-state index contributed by atoms with van der Waals surface area (Å²) >= 11 is 0. The highest BCUT2D eigenvalue weighted by atomic mass is 32.2. The van der Waals surface area contributed by atoms with Gasteiger partial charge in [-0.05, 0) is 49.2 Å². The maximum Gasteiger partial charge on any atom is 0.573 e. The largest absolute Gasteiger partial charge is 0.573 e. The monoisotopic (exact) mass is 411 g/mol. The molecule has 28 heavy (non-hydrogen) atoms. The molecule has 10 heteroatoms. The Hall–Kier alpha value is -2.59. The van der Waals surface area contributed by atoms with Crippen LogP contribution in [0, 0.1) is 0 Å². The van der Waals surface area contributed by atoms with E-state index in [0.29, 0.717) is 11.3 Å². The van der Waals surface area contributed by atoms with Crippen LogP contribution in [-0.2, 0) is 16.6 Å². The lowest BCUT2D eigenvalue weighted by Gasteiger charge is -2.22. The number of hydrogen-bond acceptors (Lipinski definition) is 4. The van der Waals surface area contributed by atoms with Crippen molar-refractivity contribution in [2.45, 2.75) is 36.7 Å². The van der Waals surface area contributed by atoms with Gasteiger partial charge in [0.05, 0.1) is 23.3 Å². The Bertz CT molecular complexity index is 1090. The second kappa shape index (κ2) is 6.78. The molecule has 1 aromatic carbocycles. The van der Waals surface area contributed by atoms with Crippen molar-refractivity contribution in [3.8, 4) is 5.75 Å². The van der Waals surface area contributed by atoms with Crippen LogP contribution in [0.5, 0.6) is 5.75 Å². The van der Waals surface area contributed by atoms with E-state index in [1.807, 2.05) is 22.6 Å². The Balaban J connectivity index is 1.62. The van der Waals surface area contributed by atoms with Gasteiger partial charge in [-0.3, -0.25) is 0 Å². The second-order valence-electron chi connectivity index (χ2n) is 6.48. The Kier molecular flexibility index (Phi) is 4.54. The fourth-order valence-electron chi connectivity index (χ4n) is 2.98. The number of rotatable bonds is 6. The molecule has 3 aromatic rings. The SMILES string of the molecule is O=S(=O)(c1ccc(OC(F)(F)F)cc1)N(Cc1cnc2ccccn12)C1CC1. The molecule has 148 valence electrons. The Morgan fingerprint density at radius 2 is 1.86 bits per heavy atom. The number of benzene rings is 1. The van der Waals surface area contributed by atoms with Crippen LogP contribution < -0.4 is 4.74 Å². The normalized spacial score (nSPS) is 15.3. The summed E-state index contributed by atoms with van der Waals surface area (Å²) in [6, 6.07) is 9.60. The van der Waals surface area contributed by atoms with Crippen molar-refractivity contribution in [1.29, 1.82) is 0 Å². The lowest BCUT2D eigenvalue weighted by molar-refractivity contribution is -0.274. The van der Waals surface area contributed by atoms with Gasteiger partial charge in [0.15, 0.2) is 0 Å². The molecular weight excluding hydrogens is 395 g/mol. The van der Waals surface area contributed by atoms with Crippen LogP contribution in [0.1, 0.15) is 18.5 Å². The number of aromatic nitrogens is 2. The molecule has 0 amide bonds. The smallest absolute Gasteiger partial charge is 0.406 e. The minimum Gasteiger partial charge on any atom is -0.406 e. The van der Waals surface area contributed by atoms with E-state index in [0.717, 1.165) is 37.1 Å². The number of alkyl halides is 3. The number of pyridine rings is 1. The molecule has 1 fully saturated rings. The van der Waals surface area contributed by atoms with Gasteiger partial charge in [0.2, 0.25) is 10.0 Å². The summed E-state index contributed by atoms with van der Waals surface area (Å²) in [7, 11) is -3.89. The van der Waals surface area contributed by atoms with Gasteiger partial charge in [0.25, 0.3) is 0 Å². The highest BCUT2D eigenvalue weighted by Gasteiger charge is 2.39. The summed E-state index contributed by atoms with van der Waals surface area (Å²) in [6.45, 7) is 0.124. The molecule has 6 nitrogen and oxygen atoms in total. The Labute approximate surface area is 159 Å². The lowest BCUT2D eigenvalue weighted by Crippen LogP contribution is -2.33. The summed E-state index contributed by atoms with van der Waals surface area (Å²) in [5.74, 6) is -0.466. The summed E-state index contributed by atoms with van der Waals surface area (Å²) in [5, 5.41) is 0. The number of imidazole rings is 1.